The summed E-state index contributed by atoms with van der Waals surface area (Å²) in [5.41, 5.74) is 0.817. The van der Waals surface area contributed by atoms with Gasteiger partial charge in [0.05, 0.1) is 28.4 Å². The molecule has 0 saturated carbocycles. The fourth-order valence-electron chi connectivity index (χ4n) is 4.33. The molecule has 1 amide bonds. The van der Waals surface area contributed by atoms with Crippen molar-refractivity contribution >= 4 is 44.1 Å². The van der Waals surface area contributed by atoms with Gasteiger partial charge in [0.15, 0.2) is 16.6 Å². The molecule has 198 valence electrons. The summed E-state index contributed by atoms with van der Waals surface area (Å²) in [6.07, 6.45) is 1.58. The summed E-state index contributed by atoms with van der Waals surface area (Å²) in [4.78, 5) is 32.5. The van der Waals surface area contributed by atoms with Crippen molar-refractivity contribution in [2.24, 2.45) is 0 Å². The van der Waals surface area contributed by atoms with Crippen LogP contribution in [0.3, 0.4) is 0 Å². The molecule has 2 heterocycles. The van der Waals surface area contributed by atoms with Crippen LogP contribution < -0.4 is 14.4 Å². The molecule has 0 bridgehead atoms. The molecule has 1 aliphatic heterocycles. The average molecular weight is 549 g/mol. The Bertz CT molecular complexity index is 1630. The van der Waals surface area contributed by atoms with E-state index in [0.717, 1.165) is 23.5 Å². The van der Waals surface area contributed by atoms with Crippen LogP contribution in [0.1, 0.15) is 24.1 Å². The number of aliphatic hydroxyl groups is 1. The second-order valence-corrected chi connectivity index (χ2v) is 9.53. The maximum absolute atomic E-state index is 13.9. The number of ether oxygens (including phenoxy) is 2. The largest absolute Gasteiger partial charge is 0.507 e. The van der Waals surface area contributed by atoms with E-state index in [4.69, 9.17) is 9.47 Å². The van der Waals surface area contributed by atoms with Crippen molar-refractivity contribution < 1.29 is 33.0 Å². The number of halogens is 2. The number of ketones is 1. The molecule has 10 heteroatoms. The van der Waals surface area contributed by atoms with Crippen molar-refractivity contribution in [3.63, 3.8) is 0 Å². The van der Waals surface area contributed by atoms with Gasteiger partial charge in [0.2, 0.25) is 0 Å². The van der Waals surface area contributed by atoms with E-state index >= 15 is 0 Å². The first-order valence-electron chi connectivity index (χ1n) is 12.0. The lowest BCUT2D eigenvalue weighted by molar-refractivity contribution is -0.132. The minimum Gasteiger partial charge on any atom is -0.507 e. The van der Waals surface area contributed by atoms with Gasteiger partial charge in [0.25, 0.3) is 5.78 Å². The minimum atomic E-state index is -1.12. The molecule has 1 atom stereocenters. The zero-order chi connectivity index (χ0) is 27.7. The average Bonchev–Trinajstić information content (AvgIpc) is 3.45. The molecular weight excluding hydrogens is 526 g/mol. The molecule has 1 fully saturated rings. The van der Waals surface area contributed by atoms with E-state index in [1.54, 1.807) is 31.2 Å². The number of nitrogens with zero attached hydrogens (tertiary/aromatic N) is 2. The Morgan fingerprint density at radius 1 is 1.05 bits per heavy atom. The van der Waals surface area contributed by atoms with Gasteiger partial charge in [-0.2, -0.15) is 0 Å². The summed E-state index contributed by atoms with van der Waals surface area (Å²) in [7, 11) is 0. The normalized spacial score (nSPS) is 16.6. The van der Waals surface area contributed by atoms with E-state index in [1.165, 1.54) is 35.2 Å². The minimum absolute atomic E-state index is 0.144. The molecule has 4 aromatic rings. The first-order valence-corrected chi connectivity index (χ1v) is 12.8. The predicted octanol–water partition coefficient (Wildman–Crippen LogP) is 6.16. The van der Waals surface area contributed by atoms with Gasteiger partial charge in [0, 0.05) is 5.56 Å². The second-order valence-electron chi connectivity index (χ2n) is 8.52. The zero-order valence-corrected chi connectivity index (χ0v) is 21.5. The van der Waals surface area contributed by atoms with Gasteiger partial charge in [-0.3, -0.25) is 14.5 Å². The fourth-order valence-corrected chi connectivity index (χ4v) is 5.35. The number of carbonyl (C=O) groups is 2. The number of fused-ring (bicyclic) bond motifs is 1. The van der Waals surface area contributed by atoms with E-state index in [0.29, 0.717) is 33.9 Å². The van der Waals surface area contributed by atoms with Gasteiger partial charge in [-0.05, 0) is 67.1 Å². The molecule has 1 aliphatic rings. The number of hydrogen-bond acceptors (Lipinski definition) is 7. The van der Waals surface area contributed by atoms with Gasteiger partial charge in [-0.15, -0.1) is 0 Å². The lowest BCUT2D eigenvalue weighted by Gasteiger charge is -2.24. The first-order chi connectivity index (χ1) is 18.8. The molecule has 1 unspecified atom stereocenters. The molecule has 1 N–H and O–H groups in total. The maximum atomic E-state index is 13.9. The molecule has 7 nitrogen and oxygen atoms in total. The van der Waals surface area contributed by atoms with E-state index < -0.39 is 35.1 Å². The summed E-state index contributed by atoms with van der Waals surface area (Å²) in [6.45, 7) is 5.98. The SMILES string of the molecule is C=CCOc1ccc(C2/C(=C(\O)c3ccc(F)cc3)C(=O)C(=O)N2c2nc3ccc(F)cc3s2)cc1OCC. The van der Waals surface area contributed by atoms with Crippen LogP contribution in [0.4, 0.5) is 13.9 Å². The number of benzene rings is 3. The molecule has 5 rings (SSSR count). The Morgan fingerprint density at radius 2 is 1.79 bits per heavy atom. The number of anilines is 1. The molecule has 0 spiro atoms. The van der Waals surface area contributed by atoms with Crippen LogP contribution in [-0.4, -0.2) is 35.0 Å². The van der Waals surface area contributed by atoms with Crippen molar-refractivity contribution in [2.45, 2.75) is 13.0 Å². The molecule has 0 aliphatic carbocycles. The summed E-state index contributed by atoms with van der Waals surface area (Å²) >= 11 is 1.03. The number of aliphatic hydroxyl groups excluding tert-OH is 1. The fraction of sp³-hybridized carbons (Fsp3) is 0.138. The van der Waals surface area contributed by atoms with Gasteiger partial charge < -0.3 is 14.6 Å². The monoisotopic (exact) mass is 548 g/mol. The number of aromatic nitrogens is 1. The Balaban J connectivity index is 1.72. The Kier molecular flexibility index (Phi) is 7.12. The topological polar surface area (TPSA) is 89.0 Å². The number of hydrogen-bond donors (Lipinski definition) is 1. The van der Waals surface area contributed by atoms with Gasteiger partial charge in [0.1, 0.15) is 24.0 Å². The van der Waals surface area contributed by atoms with E-state index in [9.17, 15) is 23.5 Å². The van der Waals surface area contributed by atoms with Gasteiger partial charge in [-0.25, -0.2) is 13.8 Å². The van der Waals surface area contributed by atoms with Gasteiger partial charge >= 0.3 is 5.91 Å². The van der Waals surface area contributed by atoms with Crippen LogP contribution in [0.2, 0.25) is 0 Å². The number of rotatable bonds is 8. The highest BCUT2D eigenvalue weighted by Crippen LogP contribution is 2.46. The van der Waals surface area contributed by atoms with E-state index in [-0.39, 0.29) is 22.9 Å². The molecule has 1 saturated heterocycles. The summed E-state index contributed by atoms with van der Waals surface area (Å²) < 4.78 is 39.4. The standard InChI is InChI=1S/C29H22F2N2O5S/c1-3-13-38-21-12-7-17(14-22(21)37-4-2)25-24(26(34)16-5-8-18(30)9-6-16)27(35)28(36)33(25)29-32-20-11-10-19(31)15-23(20)39-29/h3,5-12,14-15,25,34H,1,4,13H2,2H3/b26-24+. The molecule has 3 aromatic carbocycles. The van der Waals surface area contributed by atoms with Crippen molar-refractivity contribution in [1.29, 1.82) is 0 Å². The third kappa shape index (κ3) is 4.86. The summed E-state index contributed by atoms with van der Waals surface area (Å²) in [6, 6.07) is 12.7. The van der Waals surface area contributed by atoms with Crippen LogP contribution in [-0.2, 0) is 9.59 Å². The highest BCUT2D eigenvalue weighted by atomic mass is 32.1. The Morgan fingerprint density at radius 3 is 2.51 bits per heavy atom. The first kappa shape index (κ1) is 26.1. The summed E-state index contributed by atoms with van der Waals surface area (Å²) in [5, 5.41) is 11.4. The number of amides is 1. The van der Waals surface area contributed by atoms with Crippen molar-refractivity contribution in [3.05, 3.63) is 102 Å². The third-order valence-electron chi connectivity index (χ3n) is 6.05. The third-order valence-corrected chi connectivity index (χ3v) is 7.06. The smallest absolute Gasteiger partial charge is 0.301 e. The number of carbonyl (C=O) groups excluding carboxylic acids is 2. The van der Waals surface area contributed by atoms with Crippen LogP contribution in [0, 0.1) is 11.6 Å². The molecule has 0 radical (unpaired) electrons. The Labute approximate surface area is 226 Å². The van der Waals surface area contributed by atoms with Crippen molar-refractivity contribution in [2.75, 3.05) is 18.1 Å². The van der Waals surface area contributed by atoms with Crippen LogP contribution in [0.15, 0.2) is 78.9 Å². The highest BCUT2D eigenvalue weighted by molar-refractivity contribution is 7.22. The van der Waals surface area contributed by atoms with Crippen molar-refractivity contribution in [1.82, 2.24) is 4.98 Å². The summed E-state index contributed by atoms with van der Waals surface area (Å²) in [5.74, 6) is -2.56. The zero-order valence-electron chi connectivity index (χ0n) is 20.7. The lowest BCUT2D eigenvalue weighted by Crippen LogP contribution is -2.29. The highest BCUT2D eigenvalue weighted by Gasteiger charge is 2.48. The number of thiazole rings is 1. The lowest BCUT2D eigenvalue weighted by atomic mass is 9.95. The molecular formula is C29H22F2N2O5S. The van der Waals surface area contributed by atoms with E-state index in [2.05, 4.69) is 11.6 Å². The van der Waals surface area contributed by atoms with Crippen LogP contribution in [0.25, 0.3) is 16.0 Å². The Hall–Kier alpha value is -4.57. The van der Waals surface area contributed by atoms with E-state index in [1.807, 2.05) is 0 Å². The second kappa shape index (κ2) is 10.7. The predicted molar refractivity (Wildman–Crippen MR) is 144 cm³/mol. The number of Topliss-reactive ketones (excluding diaryl/α,β-unsaturated/α-hetero) is 1. The van der Waals surface area contributed by atoms with Gasteiger partial charge in [-0.1, -0.05) is 30.1 Å². The van der Waals surface area contributed by atoms with Crippen LogP contribution in [0.5, 0.6) is 11.5 Å². The quantitative estimate of drug-likeness (QED) is 0.123. The van der Waals surface area contributed by atoms with Crippen LogP contribution >= 0.6 is 11.3 Å². The maximum Gasteiger partial charge on any atom is 0.301 e. The molecule has 39 heavy (non-hydrogen) atoms. The van der Waals surface area contributed by atoms with Crippen molar-refractivity contribution in [3.8, 4) is 11.5 Å². The molecule has 1 aromatic heterocycles.